The number of rotatable bonds is 3. The molecule has 0 fully saturated rings. The van der Waals surface area contributed by atoms with E-state index in [-0.39, 0.29) is 11.3 Å². The van der Waals surface area contributed by atoms with Gasteiger partial charge in [-0.3, -0.25) is 4.79 Å². The Morgan fingerprint density at radius 2 is 1.88 bits per heavy atom. The van der Waals surface area contributed by atoms with Crippen LogP contribution < -0.4 is 5.73 Å². The second kappa shape index (κ2) is 4.69. The van der Waals surface area contributed by atoms with Crippen molar-refractivity contribution >= 4 is 5.91 Å². The lowest BCUT2D eigenvalue weighted by Crippen LogP contribution is -2.17. The average molecular weight is 219 g/mol. The molecule has 1 rings (SSSR count). The Labute approximate surface area is 97.9 Å². The molecule has 0 heterocycles. The standard InChI is InChI=1S/C14H21NO/c1-10(9-14(2,3)4)11-7-5-6-8-12(11)13(15)16/h5-8,10H,9H2,1-4H3,(H2,15,16). The monoisotopic (exact) mass is 219 g/mol. The van der Waals surface area contributed by atoms with E-state index >= 15 is 0 Å². The minimum absolute atomic E-state index is 0.254. The normalized spacial score (nSPS) is 13.5. The van der Waals surface area contributed by atoms with Crippen LogP contribution >= 0.6 is 0 Å². The summed E-state index contributed by atoms with van der Waals surface area (Å²) in [4.78, 5) is 11.3. The van der Waals surface area contributed by atoms with Gasteiger partial charge in [0, 0.05) is 5.56 Å². The van der Waals surface area contributed by atoms with Crippen LogP contribution in [0.25, 0.3) is 0 Å². The lowest BCUT2D eigenvalue weighted by Gasteiger charge is -2.24. The molecule has 1 atom stereocenters. The van der Waals surface area contributed by atoms with Gasteiger partial charge in [0.25, 0.3) is 0 Å². The van der Waals surface area contributed by atoms with Crippen molar-refractivity contribution in [1.82, 2.24) is 0 Å². The number of carbonyl (C=O) groups is 1. The van der Waals surface area contributed by atoms with Crippen molar-refractivity contribution in [3.8, 4) is 0 Å². The van der Waals surface area contributed by atoms with Crippen LogP contribution in [0.2, 0.25) is 0 Å². The van der Waals surface area contributed by atoms with Crippen LogP contribution in [0.4, 0.5) is 0 Å². The summed E-state index contributed by atoms with van der Waals surface area (Å²) in [5.74, 6) is 0.0139. The lowest BCUT2D eigenvalue weighted by molar-refractivity contribution is 0.0998. The molecule has 0 aliphatic heterocycles. The molecule has 2 nitrogen and oxygen atoms in total. The van der Waals surface area contributed by atoms with Crippen molar-refractivity contribution < 1.29 is 4.79 Å². The van der Waals surface area contributed by atoms with Crippen molar-refractivity contribution in [3.63, 3.8) is 0 Å². The highest BCUT2D eigenvalue weighted by Gasteiger charge is 2.19. The van der Waals surface area contributed by atoms with Crippen LogP contribution in [-0.4, -0.2) is 5.91 Å². The maximum Gasteiger partial charge on any atom is 0.248 e. The van der Waals surface area contributed by atoms with Gasteiger partial charge in [0.15, 0.2) is 0 Å². The summed E-state index contributed by atoms with van der Waals surface area (Å²) < 4.78 is 0. The van der Waals surface area contributed by atoms with Crippen LogP contribution in [0, 0.1) is 5.41 Å². The quantitative estimate of drug-likeness (QED) is 0.832. The van der Waals surface area contributed by atoms with E-state index < -0.39 is 0 Å². The Balaban J connectivity index is 2.99. The third kappa shape index (κ3) is 3.37. The third-order valence-electron chi connectivity index (χ3n) is 2.68. The first-order valence-corrected chi connectivity index (χ1v) is 5.70. The van der Waals surface area contributed by atoms with E-state index in [4.69, 9.17) is 5.73 Å². The lowest BCUT2D eigenvalue weighted by atomic mass is 9.81. The highest BCUT2D eigenvalue weighted by Crippen LogP contribution is 2.32. The number of amides is 1. The van der Waals surface area contributed by atoms with Gasteiger partial charge in [-0.2, -0.15) is 0 Å². The number of carbonyl (C=O) groups excluding carboxylic acids is 1. The van der Waals surface area contributed by atoms with Crippen LogP contribution in [-0.2, 0) is 0 Å². The molecule has 2 heteroatoms. The zero-order chi connectivity index (χ0) is 12.3. The maximum atomic E-state index is 11.3. The second-order valence-corrected chi connectivity index (χ2v) is 5.62. The first kappa shape index (κ1) is 12.8. The molecule has 0 aliphatic rings. The van der Waals surface area contributed by atoms with E-state index in [0.717, 1.165) is 12.0 Å². The van der Waals surface area contributed by atoms with Gasteiger partial charge in [-0.05, 0) is 29.4 Å². The van der Waals surface area contributed by atoms with Gasteiger partial charge >= 0.3 is 0 Å². The molecule has 0 saturated heterocycles. The number of primary amides is 1. The fourth-order valence-corrected chi connectivity index (χ4v) is 2.18. The molecule has 0 aromatic heterocycles. The number of hydrogen-bond acceptors (Lipinski definition) is 1. The molecular formula is C14H21NO. The fourth-order valence-electron chi connectivity index (χ4n) is 2.18. The molecule has 1 aromatic carbocycles. The first-order valence-electron chi connectivity index (χ1n) is 5.70. The van der Waals surface area contributed by atoms with Crippen LogP contribution in [0.3, 0.4) is 0 Å². The van der Waals surface area contributed by atoms with Crippen LogP contribution in [0.15, 0.2) is 24.3 Å². The molecule has 0 saturated carbocycles. The van der Waals surface area contributed by atoms with E-state index in [9.17, 15) is 4.79 Å². The molecule has 1 unspecified atom stereocenters. The molecule has 1 aromatic rings. The van der Waals surface area contributed by atoms with Gasteiger partial charge in [0.1, 0.15) is 0 Å². The van der Waals surface area contributed by atoms with E-state index in [2.05, 4.69) is 27.7 Å². The minimum atomic E-state index is -0.337. The van der Waals surface area contributed by atoms with Crippen molar-refractivity contribution in [2.75, 3.05) is 0 Å². The SMILES string of the molecule is CC(CC(C)(C)C)c1ccccc1C(N)=O. The largest absolute Gasteiger partial charge is 0.366 e. The summed E-state index contributed by atoms with van der Waals surface area (Å²) in [6.07, 6.45) is 1.04. The summed E-state index contributed by atoms with van der Waals surface area (Å²) in [6, 6.07) is 7.61. The van der Waals surface area contributed by atoms with Crippen LogP contribution in [0.1, 0.15) is 56.0 Å². The average Bonchev–Trinajstić information content (AvgIpc) is 2.15. The maximum absolute atomic E-state index is 11.3. The van der Waals surface area contributed by atoms with E-state index in [1.54, 1.807) is 6.07 Å². The molecule has 0 bridgehead atoms. The Hall–Kier alpha value is -1.31. The van der Waals surface area contributed by atoms with Gasteiger partial charge in [-0.25, -0.2) is 0 Å². The van der Waals surface area contributed by atoms with Gasteiger partial charge in [0.05, 0.1) is 0 Å². The highest BCUT2D eigenvalue weighted by molar-refractivity contribution is 5.94. The van der Waals surface area contributed by atoms with Crippen molar-refractivity contribution in [2.45, 2.75) is 40.0 Å². The Bertz CT molecular complexity index is 377. The van der Waals surface area contributed by atoms with Gasteiger partial charge in [0.2, 0.25) is 5.91 Å². The number of benzene rings is 1. The predicted molar refractivity (Wildman–Crippen MR) is 67.4 cm³/mol. The summed E-state index contributed by atoms with van der Waals surface area (Å²) in [6.45, 7) is 8.76. The van der Waals surface area contributed by atoms with Crippen LogP contribution in [0.5, 0.6) is 0 Å². The summed E-state index contributed by atoms with van der Waals surface area (Å²) in [7, 11) is 0. The van der Waals surface area contributed by atoms with E-state index in [1.807, 2.05) is 18.2 Å². The molecule has 88 valence electrons. The Kier molecular flexibility index (Phi) is 3.74. The van der Waals surface area contributed by atoms with E-state index in [0.29, 0.717) is 11.5 Å². The molecule has 0 aliphatic carbocycles. The zero-order valence-corrected chi connectivity index (χ0v) is 10.6. The van der Waals surface area contributed by atoms with E-state index in [1.165, 1.54) is 0 Å². The highest BCUT2D eigenvalue weighted by atomic mass is 16.1. The summed E-state index contributed by atoms with van der Waals surface area (Å²) in [5, 5.41) is 0. The zero-order valence-electron chi connectivity index (χ0n) is 10.6. The summed E-state index contributed by atoms with van der Waals surface area (Å²) in [5.41, 5.74) is 7.34. The second-order valence-electron chi connectivity index (χ2n) is 5.62. The molecule has 0 spiro atoms. The third-order valence-corrected chi connectivity index (χ3v) is 2.68. The molecule has 1 amide bonds. The Morgan fingerprint density at radius 3 is 2.38 bits per heavy atom. The fraction of sp³-hybridized carbons (Fsp3) is 0.500. The van der Waals surface area contributed by atoms with Gasteiger partial charge in [-0.1, -0.05) is 45.9 Å². The predicted octanol–water partition coefficient (Wildman–Crippen LogP) is 3.33. The van der Waals surface area contributed by atoms with Gasteiger partial charge < -0.3 is 5.73 Å². The van der Waals surface area contributed by atoms with Crippen molar-refractivity contribution in [2.24, 2.45) is 11.1 Å². The molecule has 16 heavy (non-hydrogen) atoms. The Morgan fingerprint density at radius 1 is 1.31 bits per heavy atom. The number of hydrogen-bond donors (Lipinski definition) is 1. The first-order chi connectivity index (χ1) is 7.31. The summed E-state index contributed by atoms with van der Waals surface area (Å²) >= 11 is 0. The topological polar surface area (TPSA) is 43.1 Å². The molecule has 0 radical (unpaired) electrons. The number of nitrogens with two attached hydrogens (primary N) is 1. The minimum Gasteiger partial charge on any atom is -0.366 e. The molecular weight excluding hydrogens is 198 g/mol. The van der Waals surface area contributed by atoms with Gasteiger partial charge in [-0.15, -0.1) is 0 Å². The molecule has 2 N–H and O–H groups in total. The van der Waals surface area contributed by atoms with Crippen molar-refractivity contribution in [3.05, 3.63) is 35.4 Å². The van der Waals surface area contributed by atoms with Crippen molar-refractivity contribution in [1.29, 1.82) is 0 Å². The smallest absolute Gasteiger partial charge is 0.248 e.